The molecule has 7 aromatic rings. The summed E-state index contributed by atoms with van der Waals surface area (Å²) < 4.78 is 2.27. The summed E-state index contributed by atoms with van der Waals surface area (Å²) in [5.41, 5.74) is 10.0. The van der Waals surface area contributed by atoms with Crippen LogP contribution in [0.4, 0.5) is 0 Å². The molecule has 0 N–H and O–H groups in total. The quantitative estimate of drug-likeness (QED) is 0.270. The van der Waals surface area contributed by atoms with Crippen LogP contribution in [0.15, 0.2) is 109 Å². The fraction of sp³-hybridized carbons (Fsp3) is 0.0645. The summed E-state index contributed by atoms with van der Waals surface area (Å²) in [7, 11) is 0. The monoisotopic (exact) mass is 450 g/mol. The van der Waals surface area contributed by atoms with Crippen molar-refractivity contribution >= 4 is 38.5 Å². The Morgan fingerprint density at radius 1 is 0.600 bits per heavy atom. The number of aryl methyl sites for hydroxylation is 2. The van der Waals surface area contributed by atoms with Gasteiger partial charge in [0, 0.05) is 28.7 Å². The second-order valence-electron chi connectivity index (χ2n) is 8.93. The molecule has 0 aliphatic rings. The van der Waals surface area contributed by atoms with Crippen LogP contribution in [0.5, 0.6) is 0 Å². The summed E-state index contributed by atoms with van der Waals surface area (Å²) >= 11 is 0. The van der Waals surface area contributed by atoms with Crippen LogP contribution < -0.4 is 0 Å². The number of aromatic nitrogens is 4. The SMILES string of the molecule is c1ccc(-c2cccc(CCc3ccc4c(c3)c3ncccc3c3nc5ccccc5n43)c2)nc1. The molecule has 4 heteroatoms. The van der Waals surface area contributed by atoms with Gasteiger partial charge in [0.25, 0.3) is 0 Å². The Morgan fingerprint density at radius 3 is 2.37 bits per heavy atom. The molecule has 0 spiro atoms. The van der Waals surface area contributed by atoms with E-state index in [4.69, 9.17) is 9.97 Å². The highest BCUT2D eigenvalue weighted by atomic mass is 15.0. The number of hydrogen-bond donors (Lipinski definition) is 0. The number of rotatable bonds is 4. The Morgan fingerprint density at radius 2 is 1.46 bits per heavy atom. The van der Waals surface area contributed by atoms with E-state index >= 15 is 0 Å². The Labute approximate surface area is 202 Å². The van der Waals surface area contributed by atoms with Gasteiger partial charge in [-0.25, -0.2) is 4.98 Å². The van der Waals surface area contributed by atoms with E-state index in [2.05, 4.69) is 82.2 Å². The molecule has 0 saturated heterocycles. The number of para-hydroxylation sites is 2. The molecule has 4 nitrogen and oxygen atoms in total. The third-order valence-corrected chi connectivity index (χ3v) is 6.76. The Balaban J connectivity index is 1.31. The molecule has 7 rings (SSSR count). The standard InChI is InChI=1S/C31H22N4/c1-2-12-29-27(11-1)34-31-24-9-6-18-33-30(24)25-20-22(15-16-28(25)35(29)31)14-13-21-7-5-8-23(19-21)26-10-3-4-17-32-26/h1-12,15-20H,13-14H2. The minimum atomic E-state index is 0.957. The largest absolute Gasteiger partial charge is 0.292 e. The van der Waals surface area contributed by atoms with E-state index in [0.29, 0.717) is 0 Å². The van der Waals surface area contributed by atoms with Crippen molar-refractivity contribution < 1.29 is 0 Å². The first-order valence-electron chi connectivity index (χ1n) is 11.9. The van der Waals surface area contributed by atoms with Crippen LogP contribution >= 0.6 is 0 Å². The first-order valence-corrected chi connectivity index (χ1v) is 11.9. The molecule has 35 heavy (non-hydrogen) atoms. The second kappa shape index (κ2) is 8.03. The maximum Gasteiger partial charge on any atom is 0.147 e. The topological polar surface area (TPSA) is 43.1 Å². The first-order chi connectivity index (χ1) is 17.3. The number of benzene rings is 3. The van der Waals surface area contributed by atoms with Crippen LogP contribution in [0.1, 0.15) is 11.1 Å². The van der Waals surface area contributed by atoms with Crippen molar-refractivity contribution in [3.05, 3.63) is 121 Å². The van der Waals surface area contributed by atoms with Gasteiger partial charge in [-0.05, 0) is 78.6 Å². The van der Waals surface area contributed by atoms with E-state index in [9.17, 15) is 0 Å². The van der Waals surface area contributed by atoms with E-state index in [0.717, 1.165) is 62.6 Å². The predicted molar refractivity (Wildman–Crippen MR) is 143 cm³/mol. The van der Waals surface area contributed by atoms with Crippen molar-refractivity contribution in [3.8, 4) is 11.3 Å². The normalized spacial score (nSPS) is 11.7. The summed E-state index contributed by atoms with van der Waals surface area (Å²) in [6.45, 7) is 0. The minimum Gasteiger partial charge on any atom is -0.292 e. The lowest BCUT2D eigenvalue weighted by molar-refractivity contribution is 0.962. The molecule has 0 unspecified atom stereocenters. The van der Waals surface area contributed by atoms with Gasteiger partial charge in [0.15, 0.2) is 0 Å². The van der Waals surface area contributed by atoms with Crippen LogP contribution in [0.2, 0.25) is 0 Å². The molecule has 166 valence electrons. The second-order valence-corrected chi connectivity index (χ2v) is 8.93. The van der Waals surface area contributed by atoms with Crippen LogP contribution in [0.3, 0.4) is 0 Å². The van der Waals surface area contributed by atoms with Crippen LogP contribution in [0.25, 0.3) is 49.7 Å². The Kier molecular flexibility index (Phi) is 4.56. The molecule has 0 saturated carbocycles. The summed E-state index contributed by atoms with van der Waals surface area (Å²) in [5.74, 6) is 0. The van der Waals surface area contributed by atoms with Crippen LogP contribution in [-0.4, -0.2) is 19.4 Å². The van der Waals surface area contributed by atoms with Gasteiger partial charge in [0.05, 0.1) is 27.8 Å². The lowest BCUT2D eigenvalue weighted by Crippen LogP contribution is -1.96. The number of nitrogens with zero attached hydrogens (tertiary/aromatic N) is 4. The lowest BCUT2D eigenvalue weighted by Gasteiger charge is -2.11. The van der Waals surface area contributed by atoms with Gasteiger partial charge < -0.3 is 0 Å². The van der Waals surface area contributed by atoms with Crippen molar-refractivity contribution in [2.75, 3.05) is 0 Å². The molecule has 4 heterocycles. The van der Waals surface area contributed by atoms with Gasteiger partial charge in [-0.2, -0.15) is 0 Å². The van der Waals surface area contributed by atoms with Crippen molar-refractivity contribution in [1.82, 2.24) is 19.4 Å². The van der Waals surface area contributed by atoms with E-state index in [1.165, 1.54) is 11.1 Å². The van der Waals surface area contributed by atoms with Gasteiger partial charge in [-0.15, -0.1) is 0 Å². The van der Waals surface area contributed by atoms with E-state index in [1.54, 1.807) is 0 Å². The van der Waals surface area contributed by atoms with E-state index < -0.39 is 0 Å². The van der Waals surface area contributed by atoms with Crippen molar-refractivity contribution in [3.63, 3.8) is 0 Å². The number of imidazole rings is 1. The average molecular weight is 451 g/mol. The third kappa shape index (κ3) is 3.34. The molecule has 4 aromatic heterocycles. The summed E-state index contributed by atoms with van der Waals surface area (Å²) in [6, 6.07) is 34.0. The molecular weight excluding hydrogens is 428 g/mol. The number of pyridine rings is 3. The van der Waals surface area contributed by atoms with Gasteiger partial charge in [0.2, 0.25) is 0 Å². The molecule has 0 radical (unpaired) electrons. The zero-order valence-electron chi connectivity index (χ0n) is 19.1. The zero-order valence-corrected chi connectivity index (χ0v) is 19.1. The number of hydrogen-bond acceptors (Lipinski definition) is 3. The van der Waals surface area contributed by atoms with Crippen molar-refractivity contribution in [2.24, 2.45) is 0 Å². The maximum absolute atomic E-state index is 4.94. The molecule has 0 aliphatic heterocycles. The smallest absolute Gasteiger partial charge is 0.147 e. The van der Waals surface area contributed by atoms with Crippen LogP contribution in [0, 0.1) is 0 Å². The molecule has 0 amide bonds. The van der Waals surface area contributed by atoms with Gasteiger partial charge >= 0.3 is 0 Å². The molecule has 0 fully saturated rings. The summed E-state index contributed by atoms with van der Waals surface area (Å²) in [6.07, 6.45) is 5.64. The van der Waals surface area contributed by atoms with Crippen LogP contribution in [-0.2, 0) is 12.8 Å². The van der Waals surface area contributed by atoms with Gasteiger partial charge in [0.1, 0.15) is 5.65 Å². The summed E-state index contributed by atoms with van der Waals surface area (Å²) in [5, 5.41) is 2.24. The van der Waals surface area contributed by atoms with Crippen molar-refractivity contribution in [1.29, 1.82) is 0 Å². The average Bonchev–Trinajstić information content (AvgIpc) is 3.33. The van der Waals surface area contributed by atoms with E-state index in [1.807, 2.05) is 36.7 Å². The highest BCUT2D eigenvalue weighted by molar-refractivity contribution is 6.12. The first kappa shape index (κ1) is 19.9. The van der Waals surface area contributed by atoms with Crippen molar-refractivity contribution in [2.45, 2.75) is 12.8 Å². The lowest BCUT2D eigenvalue weighted by atomic mass is 9.99. The fourth-order valence-corrected chi connectivity index (χ4v) is 5.08. The highest BCUT2D eigenvalue weighted by Crippen LogP contribution is 2.32. The Hall–Kier alpha value is -4.57. The maximum atomic E-state index is 4.94. The highest BCUT2D eigenvalue weighted by Gasteiger charge is 2.14. The summed E-state index contributed by atoms with van der Waals surface area (Å²) in [4.78, 5) is 14.2. The minimum absolute atomic E-state index is 0.957. The molecule has 0 atom stereocenters. The molecule has 3 aromatic carbocycles. The molecule has 0 bridgehead atoms. The van der Waals surface area contributed by atoms with Gasteiger partial charge in [-0.3, -0.25) is 14.4 Å². The predicted octanol–water partition coefficient (Wildman–Crippen LogP) is 7.04. The number of fused-ring (bicyclic) bond motifs is 8. The molecular formula is C31H22N4. The van der Waals surface area contributed by atoms with E-state index in [-0.39, 0.29) is 0 Å². The molecule has 0 aliphatic carbocycles. The fourth-order valence-electron chi connectivity index (χ4n) is 5.08. The van der Waals surface area contributed by atoms with Gasteiger partial charge in [-0.1, -0.05) is 42.5 Å². The third-order valence-electron chi connectivity index (χ3n) is 6.76. The zero-order chi connectivity index (χ0) is 23.2. The Bertz CT molecular complexity index is 1850.